The summed E-state index contributed by atoms with van der Waals surface area (Å²) >= 11 is 7.46. The molecule has 3 rings (SSSR count). The average Bonchev–Trinajstić information content (AvgIpc) is 3.13. The van der Waals surface area contributed by atoms with Crippen LogP contribution in [-0.4, -0.2) is 27.3 Å². The number of benzene rings is 2. The van der Waals surface area contributed by atoms with Crippen LogP contribution < -0.4 is 10.6 Å². The fourth-order valence-corrected chi connectivity index (χ4v) is 3.48. The van der Waals surface area contributed by atoms with Crippen molar-refractivity contribution >= 4 is 46.3 Å². The van der Waals surface area contributed by atoms with Crippen molar-refractivity contribution in [3.05, 3.63) is 58.6 Å². The topological polar surface area (TPSA) is 104 Å². The third-order valence-electron chi connectivity index (χ3n) is 3.76. The molecule has 9 heteroatoms. The Balaban J connectivity index is 1.57. The molecule has 0 radical (unpaired) electrons. The van der Waals surface area contributed by atoms with Crippen molar-refractivity contribution in [1.82, 2.24) is 10.2 Å². The second kappa shape index (κ2) is 9.29. The van der Waals surface area contributed by atoms with E-state index in [0.29, 0.717) is 29.2 Å². The largest absolute Gasteiger partial charge is 0.481 e. The lowest BCUT2D eigenvalue weighted by Crippen LogP contribution is -2.19. The Morgan fingerprint density at radius 1 is 1.04 bits per heavy atom. The van der Waals surface area contributed by atoms with Gasteiger partial charge in [0.15, 0.2) is 0 Å². The van der Waals surface area contributed by atoms with Gasteiger partial charge >= 0.3 is 12.0 Å². The maximum absolute atomic E-state index is 12.1. The van der Waals surface area contributed by atoms with Crippen LogP contribution >= 0.6 is 22.9 Å². The van der Waals surface area contributed by atoms with Crippen molar-refractivity contribution < 1.29 is 14.7 Å². The molecule has 3 N–H and O–H groups in total. The predicted octanol–water partition coefficient (Wildman–Crippen LogP) is 4.91. The lowest BCUT2D eigenvalue weighted by atomic mass is 10.2. The summed E-state index contributed by atoms with van der Waals surface area (Å²) < 4.78 is 0. The van der Waals surface area contributed by atoms with E-state index in [9.17, 15) is 9.59 Å². The zero-order valence-corrected chi connectivity index (χ0v) is 16.3. The van der Waals surface area contributed by atoms with Crippen LogP contribution in [0.2, 0.25) is 5.02 Å². The molecule has 0 aliphatic rings. The Bertz CT molecular complexity index is 975. The van der Waals surface area contributed by atoms with Crippen molar-refractivity contribution in [2.75, 3.05) is 10.6 Å². The molecule has 1 heterocycles. The van der Waals surface area contributed by atoms with Crippen LogP contribution in [0.15, 0.2) is 48.5 Å². The molecular weight excluding hydrogens is 400 g/mol. The molecule has 0 unspecified atom stereocenters. The standard InChI is InChI=1S/C19H17ClN4O3S/c20-14-4-1-2-5-15(14)22-19(27)21-13-10-8-12(9-11-13)18-24-23-16(28-18)6-3-7-17(25)26/h1-2,4-5,8-11H,3,6-7H2,(H,25,26)(H2,21,22,27). The number of urea groups is 1. The van der Waals surface area contributed by atoms with Crippen LogP contribution in [0.1, 0.15) is 17.8 Å². The van der Waals surface area contributed by atoms with Gasteiger partial charge in [0.1, 0.15) is 10.0 Å². The van der Waals surface area contributed by atoms with Crippen LogP contribution in [0, 0.1) is 0 Å². The van der Waals surface area contributed by atoms with E-state index >= 15 is 0 Å². The number of para-hydroxylation sites is 1. The van der Waals surface area contributed by atoms with Gasteiger partial charge in [-0.05, 0) is 42.8 Å². The molecule has 0 atom stereocenters. The maximum Gasteiger partial charge on any atom is 0.323 e. The molecule has 3 aromatic rings. The first-order chi connectivity index (χ1) is 13.5. The van der Waals surface area contributed by atoms with E-state index in [1.165, 1.54) is 11.3 Å². The van der Waals surface area contributed by atoms with Gasteiger partial charge in [-0.25, -0.2) is 4.79 Å². The van der Waals surface area contributed by atoms with Gasteiger partial charge in [-0.15, -0.1) is 10.2 Å². The summed E-state index contributed by atoms with van der Waals surface area (Å²) in [5, 5.41) is 24.4. The molecule has 0 aliphatic heterocycles. The van der Waals surface area contributed by atoms with E-state index in [1.54, 1.807) is 36.4 Å². The number of aromatic nitrogens is 2. The van der Waals surface area contributed by atoms with Gasteiger partial charge < -0.3 is 15.7 Å². The third kappa shape index (κ3) is 5.51. The van der Waals surface area contributed by atoms with Gasteiger partial charge in [0.05, 0.1) is 10.7 Å². The first kappa shape index (κ1) is 19.8. The number of carbonyl (C=O) groups excluding carboxylic acids is 1. The minimum Gasteiger partial charge on any atom is -0.481 e. The summed E-state index contributed by atoms with van der Waals surface area (Å²) in [7, 11) is 0. The molecule has 28 heavy (non-hydrogen) atoms. The number of anilines is 2. The molecular formula is C19H17ClN4O3S. The van der Waals surface area contributed by atoms with Gasteiger partial charge in [-0.2, -0.15) is 0 Å². The Morgan fingerprint density at radius 3 is 2.50 bits per heavy atom. The van der Waals surface area contributed by atoms with Crippen molar-refractivity contribution in [3.8, 4) is 10.6 Å². The van der Waals surface area contributed by atoms with Crippen LogP contribution in [0.3, 0.4) is 0 Å². The Labute approximate surface area is 170 Å². The number of nitrogens with zero attached hydrogens (tertiary/aromatic N) is 2. The van der Waals surface area contributed by atoms with E-state index in [0.717, 1.165) is 15.6 Å². The van der Waals surface area contributed by atoms with Gasteiger partial charge in [-0.1, -0.05) is 35.1 Å². The first-order valence-corrected chi connectivity index (χ1v) is 9.68. The van der Waals surface area contributed by atoms with Gasteiger partial charge in [0.2, 0.25) is 0 Å². The Hall–Kier alpha value is -2.97. The number of hydrogen-bond donors (Lipinski definition) is 3. The lowest BCUT2D eigenvalue weighted by molar-refractivity contribution is -0.137. The summed E-state index contributed by atoms with van der Waals surface area (Å²) in [4.78, 5) is 22.7. The number of halogens is 1. The minimum absolute atomic E-state index is 0.117. The number of rotatable bonds is 7. The van der Waals surface area contributed by atoms with Gasteiger partial charge in [0, 0.05) is 24.1 Å². The lowest BCUT2D eigenvalue weighted by Gasteiger charge is -2.09. The highest BCUT2D eigenvalue weighted by atomic mass is 35.5. The number of aliphatic carboxylic acids is 1. The van der Waals surface area contributed by atoms with Gasteiger partial charge in [0.25, 0.3) is 0 Å². The minimum atomic E-state index is -0.814. The number of nitrogens with one attached hydrogen (secondary N) is 2. The van der Waals surface area contributed by atoms with E-state index in [-0.39, 0.29) is 6.42 Å². The first-order valence-electron chi connectivity index (χ1n) is 8.48. The SMILES string of the molecule is O=C(O)CCCc1nnc(-c2ccc(NC(=O)Nc3ccccc3Cl)cc2)s1. The maximum atomic E-state index is 12.1. The van der Waals surface area contributed by atoms with Crippen molar-refractivity contribution in [2.45, 2.75) is 19.3 Å². The highest BCUT2D eigenvalue weighted by Gasteiger charge is 2.09. The Morgan fingerprint density at radius 2 is 1.79 bits per heavy atom. The molecule has 1 aromatic heterocycles. The van der Waals surface area contributed by atoms with Crippen molar-refractivity contribution in [3.63, 3.8) is 0 Å². The molecule has 2 amide bonds. The molecule has 2 aromatic carbocycles. The smallest absolute Gasteiger partial charge is 0.323 e. The predicted molar refractivity (Wildman–Crippen MR) is 110 cm³/mol. The highest BCUT2D eigenvalue weighted by molar-refractivity contribution is 7.14. The summed E-state index contributed by atoms with van der Waals surface area (Å²) in [6, 6.07) is 13.8. The van der Waals surface area contributed by atoms with Crippen molar-refractivity contribution in [1.29, 1.82) is 0 Å². The van der Waals surface area contributed by atoms with Crippen LogP contribution in [0.4, 0.5) is 16.2 Å². The summed E-state index contributed by atoms with van der Waals surface area (Å²) in [6.07, 6.45) is 1.24. The summed E-state index contributed by atoms with van der Waals surface area (Å²) in [5.74, 6) is -0.814. The monoisotopic (exact) mass is 416 g/mol. The molecule has 0 spiro atoms. The average molecular weight is 417 g/mol. The van der Waals surface area contributed by atoms with E-state index in [4.69, 9.17) is 16.7 Å². The Kier molecular flexibility index (Phi) is 6.57. The fraction of sp³-hybridized carbons (Fsp3) is 0.158. The second-order valence-electron chi connectivity index (χ2n) is 5.88. The second-order valence-corrected chi connectivity index (χ2v) is 7.35. The summed E-state index contributed by atoms with van der Waals surface area (Å²) in [5.41, 5.74) is 2.03. The molecule has 0 bridgehead atoms. The third-order valence-corrected chi connectivity index (χ3v) is 5.12. The molecule has 0 saturated carbocycles. The summed E-state index contributed by atoms with van der Waals surface area (Å²) in [6.45, 7) is 0. The number of carboxylic acid groups (broad SMARTS) is 1. The quantitative estimate of drug-likeness (QED) is 0.507. The number of aryl methyl sites for hydroxylation is 1. The molecule has 0 aliphatic carbocycles. The zero-order chi connectivity index (χ0) is 19.9. The van der Waals surface area contributed by atoms with Gasteiger partial charge in [-0.3, -0.25) is 4.79 Å². The van der Waals surface area contributed by atoms with Crippen LogP contribution in [0.5, 0.6) is 0 Å². The normalized spacial score (nSPS) is 10.5. The van der Waals surface area contributed by atoms with Crippen LogP contribution in [0.25, 0.3) is 10.6 Å². The van der Waals surface area contributed by atoms with E-state index in [2.05, 4.69) is 20.8 Å². The van der Waals surface area contributed by atoms with Crippen LogP contribution in [-0.2, 0) is 11.2 Å². The molecule has 0 fully saturated rings. The van der Waals surface area contributed by atoms with E-state index < -0.39 is 12.0 Å². The number of carboxylic acids is 1. The molecule has 0 saturated heterocycles. The fourth-order valence-electron chi connectivity index (χ4n) is 2.41. The zero-order valence-electron chi connectivity index (χ0n) is 14.7. The molecule has 7 nitrogen and oxygen atoms in total. The number of hydrogen-bond acceptors (Lipinski definition) is 5. The van der Waals surface area contributed by atoms with Crippen molar-refractivity contribution in [2.24, 2.45) is 0 Å². The number of carbonyl (C=O) groups is 2. The highest BCUT2D eigenvalue weighted by Crippen LogP contribution is 2.26. The van der Waals surface area contributed by atoms with E-state index in [1.807, 2.05) is 12.1 Å². The number of amides is 2. The molecule has 144 valence electrons.